The van der Waals surface area contributed by atoms with E-state index in [1.807, 2.05) is 4.90 Å². The van der Waals surface area contributed by atoms with Crippen molar-refractivity contribution < 1.29 is 4.79 Å². The maximum Gasteiger partial charge on any atom is 0.222 e. The maximum absolute atomic E-state index is 11.9. The van der Waals surface area contributed by atoms with Gasteiger partial charge in [0, 0.05) is 31.7 Å². The standard InChI is InChI=1S/C18H27N3OS/c1-14-11-15(2)13-16(12-14)20-18(23)19-8-6-10-21-9-5-3-4-7-17(21)22/h11-13H,3-10H2,1-2H3,(H2,19,20,23). The number of hydrogen-bond donors (Lipinski definition) is 2. The Bertz CT molecular complexity index is 539. The average Bonchev–Trinajstić information content (AvgIpc) is 2.67. The predicted octanol–water partition coefficient (Wildman–Crippen LogP) is 3.38. The van der Waals surface area contributed by atoms with Crippen LogP contribution in [0.2, 0.25) is 0 Å². The highest BCUT2D eigenvalue weighted by Crippen LogP contribution is 2.13. The lowest BCUT2D eigenvalue weighted by Gasteiger charge is -2.20. The van der Waals surface area contributed by atoms with Crippen molar-refractivity contribution >= 4 is 28.9 Å². The molecule has 0 radical (unpaired) electrons. The van der Waals surface area contributed by atoms with E-state index in [4.69, 9.17) is 12.2 Å². The Hall–Kier alpha value is -1.62. The molecule has 0 aromatic heterocycles. The van der Waals surface area contributed by atoms with E-state index in [0.29, 0.717) is 17.4 Å². The third-order valence-corrected chi connectivity index (χ3v) is 4.29. The van der Waals surface area contributed by atoms with Gasteiger partial charge in [-0.3, -0.25) is 4.79 Å². The van der Waals surface area contributed by atoms with Gasteiger partial charge in [-0.25, -0.2) is 0 Å². The Balaban J connectivity index is 1.69. The SMILES string of the molecule is Cc1cc(C)cc(NC(=S)NCCCN2CCCCCC2=O)c1. The third-order valence-electron chi connectivity index (χ3n) is 4.04. The van der Waals surface area contributed by atoms with Crippen LogP contribution >= 0.6 is 12.2 Å². The fraction of sp³-hybridized carbons (Fsp3) is 0.556. The minimum Gasteiger partial charge on any atom is -0.362 e. The first kappa shape index (κ1) is 17.7. The van der Waals surface area contributed by atoms with Gasteiger partial charge in [0.2, 0.25) is 5.91 Å². The zero-order chi connectivity index (χ0) is 16.7. The van der Waals surface area contributed by atoms with E-state index >= 15 is 0 Å². The average molecular weight is 334 g/mol. The van der Waals surface area contributed by atoms with Gasteiger partial charge in [0.05, 0.1) is 0 Å². The topological polar surface area (TPSA) is 44.4 Å². The first-order valence-corrected chi connectivity index (χ1v) is 8.86. The van der Waals surface area contributed by atoms with Gasteiger partial charge in [-0.15, -0.1) is 0 Å². The van der Waals surface area contributed by atoms with E-state index < -0.39 is 0 Å². The second-order valence-electron chi connectivity index (χ2n) is 6.30. The molecule has 2 N–H and O–H groups in total. The third kappa shape index (κ3) is 6.18. The molecule has 1 aliphatic rings. The number of aryl methyl sites for hydroxylation is 2. The fourth-order valence-electron chi connectivity index (χ4n) is 2.97. The molecule has 0 aliphatic carbocycles. The van der Waals surface area contributed by atoms with Crippen LogP contribution in [-0.2, 0) is 4.79 Å². The van der Waals surface area contributed by atoms with Crippen molar-refractivity contribution in [1.82, 2.24) is 10.2 Å². The number of anilines is 1. The van der Waals surface area contributed by atoms with E-state index in [-0.39, 0.29) is 0 Å². The molecule has 1 saturated heterocycles. The molecule has 0 spiro atoms. The zero-order valence-corrected chi connectivity index (χ0v) is 15.0. The van der Waals surface area contributed by atoms with Gasteiger partial charge >= 0.3 is 0 Å². The molecule has 1 aromatic rings. The molecule has 0 saturated carbocycles. The molecule has 126 valence electrons. The summed E-state index contributed by atoms with van der Waals surface area (Å²) >= 11 is 5.33. The number of thiocarbonyl (C=S) groups is 1. The van der Waals surface area contributed by atoms with Crippen molar-refractivity contribution in [2.24, 2.45) is 0 Å². The predicted molar refractivity (Wildman–Crippen MR) is 99.8 cm³/mol. The largest absolute Gasteiger partial charge is 0.362 e. The fourth-order valence-corrected chi connectivity index (χ4v) is 3.19. The van der Waals surface area contributed by atoms with Crippen molar-refractivity contribution in [2.45, 2.75) is 46.0 Å². The Labute approximate surface area is 144 Å². The Morgan fingerprint density at radius 1 is 1.17 bits per heavy atom. The van der Waals surface area contributed by atoms with Gasteiger partial charge < -0.3 is 15.5 Å². The first-order valence-electron chi connectivity index (χ1n) is 8.45. The summed E-state index contributed by atoms with van der Waals surface area (Å²) in [6.07, 6.45) is 4.97. The Kier molecular flexibility index (Phi) is 6.84. The number of carbonyl (C=O) groups excluding carboxylic acids is 1. The first-order chi connectivity index (χ1) is 11.0. The van der Waals surface area contributed by atoms with Crippen LogP contribution in [0.1, 0.15) is 43.2 Å². The number of hydrogen-bond acceptors (Lipinski definition) is 2. The Morgan fingerprint density at radius 2 is 1.91 bits per heavy atom. The van der Waals surface area contributed by atoms with Gasteiger partial charge in [-0.05, 0) is 68.6 Å². The second kappa shape index (κ2) is 8.87. The maximum atomic E-state index is 11.9. The van der Waals surface area contributed by atoms with Crippen molar-refractivity contribution in [3.63, 3.8) is 0 Å². The lowest BCUT2D eigenvalue weighted by atomic mass is 10.1. The molecule has 1 aliphatic heterocycles. The van der Waals surface area contributed by atoms with E-state index in [1.54, 1.807) is 0 Å². The number of rotatable bonds is 5. The summed E-state index contributed by atoms with van der Waals surface area (Å²) < 4.78 is 0. The van der Waals surface area contributed by atoms with Crippen LogP contribution in [0.15, 0.2) is 18.2 Å². The van der Waals surface area contributed by atoms with Gasteiger partial charge in [0.25, 0.3) is 0 Å². The van der Waals surface area contributed by atoms with Gasteiger partial charge in [0.1, 0.15) is 0 Å². The molecular formula is C18H27N3OS. The number of carbonyl (C=O) groups is 1. The summed E-state index contributed by atoms with van der Waals surface area (Å²) in [4.78, 5) is 13.9. The van der Waals surface area contributed by atoms with Crippen molar-refractivity contribution in [3.05, 3.63) is 29.3 Å². The molecule has 4 nitrogen and oxygen atoms in total. The molecule has 23 heavy (non-hydrogen) atoms. The smallest absolute Gasteiger partial charge is 0.222 e. The molecule has 1 heterocycles. The summed E-state index contributed by atoms with van der Waals surface area (Å²) in [5.74, 6) is 0.304. The molecule has 1 fully saturated rings. The van der Waals surface area contributed by atoms with Crippen LogP contribution < -0.4 is 10.6 Å². The quantitative estimate of drug-likeness (QED) is 0.640. The van der Waals surface area contributed by atoms with E-state index in [0.717, 1.165) is 44.6 Å². The molecule has 0 bridgehead atoms. The summed E-state index contributed by atoms with van der Waals surface area (Å²) in [6, 6.07) is 6.30. The van der Waals surface area contributed by atoms with Crippen LogP contribution in [0.4, 0.5) is 5.69 Å². The van der Waals surface area contributed by atoms with E-state index in [9.17, 15) is 4.79 Å². The molecule has 1 aromatic carbocycles. The van der Waals surface area contributed by atoms with Crippen molar-refractivity contribution in [2.75, 3.05) is 25.0 Å². The number of amides is 1. The van der Waals surface area contributed by atoms with Gasteiger partial charge in [0.15, 0.2) is 5.11 Å². The Morgan fingerprint density at radius 3 is 2.65 bits per heavy atom. The summed E-state index contributed by atoms with van der Waals surface area (Å²) in [5, 5.41) is 7.08. The lowest BCUT2D eigenvalue weighted by Crippen LogP contribution is -2.35. The highest BCUT2D eigenvalue weighted by molar-refractivity contribution is 7.80. The van der Waals surface area contributed by atoms with Crippen LogP contribution in [0.25, 0.3) is 0 Å². The zero-order valence-electron chi connectivity index (χ0n) is 14.2. The molecule has 0 atom stereocenters. The summed E-state index contributed by atoms with van der Waals surface area (Å²) in [5.41, 5.74) is 3.45. The van der Waals surface area contributed by atoms with Crippen LogP contribution in [0.5, 0.6) is 0 Å². The van der Waals surface area contributed by atoms with Gasteiger partial charge in [-0.2, -0.15) is 0 Å². The molecule has 1 amide bonds. The van der Waals surface area contributed by atoms with E-state index in [2.05, 4.69) is 42.7 Å². The van der Waals surface area contributed by atoms with Crippen LogP contribution in [0, 0.1) is 13.8 Å². The molecule has 5 heteroatoms. The molecular weight excluding hydrogens is 306 g/mol. The number of likely N-dealkylation sites (tertiary alicyclic amines) is 1. The highest BCUT2D eigenvalue weighted by atomic mass is 32.1. The van der Waals surface area contributed by atoms with Crippen LogP contribution in [0.3, 0.4) is 0 Å². The normalized spacial score (nSPS) is 15.2. The van der Waals surface area contributed by atoms with Crippen molar-refractivity contribution in [1.29, 1.82) is 0 Å². The second-order valence-corrected chi connectivity index (χ2v) is 6.71. The summed E-state index contributed by atoms with van der Waals surface area (Å²) in [7, 11) is 0. The van der Waals surface area contributed by atoms with Crippen LogP contribution in [-0.4, -0.2) is 35.6 Å². The summed E-state index contributed by atoms with van der Waals surface area (Å²) in [6.45, 7) is 6.65. The minimum absolute atomic E-state index is 0.304. The molecule has 0 unspecified atom stereocenters. The number of nitrogens with zero attached hydrogens (tertiary/aromatic N) is 1. The monoisotopic (exact) mass is 333 g/mol. The number of benzene rings is 1. The minimum atomic E-state index is 0.304. The lowest BCUT2D eigenvalue weighted by molar-refractivity contribution is -0.130. The van der Waals surface area contributed by atoms with Gasteiger partial charge in [-0.1, -0.05) is 12.5 Å². The van der Waals surface area contributed by atoms with Crippen molar-refractivity contribution in [3.8, 4) is 0 Å². The highest BCUT2D eigenvalue weighted by Gasteiger charge is 2.15. The number of nitrogens with one attached hydrogen (secondary N) is 2. The van der Waals surface area contributed by atoms with E-state index in [1.165, 1.54) is 17.5 Å². The molecule has 2 rings (SSSR count).